The minimum atomic E-state index is -4.14. The molecule has 0 aliphatic rings. The highest BCUT2D eigenvalue weighted by Crippen LogP contribution is 2.32. The van der Waals surface area contributed by atoms with Crippen LogP contribution in [0, 0.1) is 0 Å². The van der Waals surface area contributed by atoms with Crippen LogP contribution in [0.3, 0.4) is 0 Å². The Hall–Kier alpha value is -2.69. The summed E-state index contributed by atoms with van der Waals surface area (Å²) in [5, 5.41) is 3.93. The Morgan fingerprint density at radius 2 is 1.75 bits per heavy atom. The fourth-order valence-electron chi connectivity index (χ4n) is 2.81. The van der Waals surface area contributed by atoms with E-state index in [4.69, 9.17) is 4.74 Å². The van der Waals surface area contributed by atoms with E-state index in [1.807, 2.05) is 24.3 Å². The molecule has 0 heterocycles. The van der Waals surface area contributed by atoms with Gasteiger partial charge in [0.2, 0.25) is 0 Å². The zero-order valence-corrected chi connectivity index (χ0v) is 20.9. The number of hydrazone groups is 1. The standard InChI is InChI=1S/C22H19Br2N3O4S/c1-31-20-11-10-18(24)13-21(20)32(29,30)27(19-8-3-2-4-9-19)15-22(28)26-25-14-16-6-5-7-17(23)12-16/h2-14H,15H2,1H3,(H,26,28)/b25-14-. The number of anilines is 1. The third-order valence-corrected chi connectivity index (χ3v) is 7.06. The van der Waals surface area contributed by atoms with Gasteiger partial charge in [0.1, 0.15) is 17.2 Å². The predicted molar refractivity (Wildman–Crippen MR) is 132 cm³/mol. The Morgan fingerprint density at radius 3 is 2.44 bits per heavy atom. The van der Waals surface area contributed by atoms with Crippen LogP contribution in [0.2, 0.25) is 0 Å². The van der Waals surface area contributed by atoms with Gasteiger partial charge in [-0.3, -0.25) is 9.10 Å². The van der Waals surface area contributed by atoms with Crippen molar-refractivity contribution in [2.75, 3.05) is 18.0 Å². The maximum atomic E-state index is 13.5. The molecule has 0 atom stereocenters. The minimum absolute atomic E-state index is 0.0661. The lowest BCUT2D eigenvalue weighted by Gasteiger charge is -2.24. The average molecular weight is 581 g/mol. The lowest BCUT2D eigenvalue weighted by molar-refractivity contribution is -0.119. The number of sulfonamides is 1. The maximum Gasteiger partial charge on any atom is 0.268 e. The van der Waals surface area contributed by atoms with Crippen molar-refractivity contribution in [3.05, 3.63) is 87.3 Å². The summed E-state index contributed by atoms with van der Waals surface area (Å²) < 4.78 is 34.8. The molecule has 1 amide bonds. The molecule has 0 aliphatic carbocycles. The van der Waals surface area contributed by atoms with E-state index in [0.29, 0.717) is 10.2 Å². The molecule has 0 unspecified atom stereocenters. The summed E-state index contributed by atoms with van der Waals surface area (Å²) in [6.07, 6.45) is 1.47. The molecule has 3 aromatic carbocycles. The SMILES string of the molecule is COc1ccc(Br)cc1S(=O)(=O)N(CC(=O)N/N=C\c1cccc(Br)c1)c1ccccc1. The van der Waals surface area contributed by atoms with Crippen LogP contribution in [0.15, 0.2) is 91.7 Å². The fraction of sp³-hybridized carbons (Fsp3) is 0.0909. The van der Waals surface area contributed by atoms with Gasteiger partial charge in [0.15, 0.2) is 0 Å². The Kier molecular flexibility index (Phi) is 8.05. The van der Waals surface area contributed by atoms with E-state index in [-0.39, 0.29) is 10.6 Å². The van der Waals surface area contributed by atoms with Crippen molar-refractivity contribution in [3.63, 3.8) is 0 Å². The molecule has 166 valence electrons. The normalized spacial score (nSPS) is 11.3. The van der Waals surface area contributed by atoms with Gasteiger partial charge in [-0.05, 0) is 48.0 Å². The molecule has 7 nitrogen and oxygen atoms in total. The maximum absolute atomic E-state index is 13.5. The molecule has 1 N–H and O–H groups in total. The second kappa shape index (κ2) is 10.8. The van der Waals surface area contributed by atoms with E-state index in [9.17, 15) is 13.2 Å². The zero-order valence-electron chi connectivity index (χ0n) is 16.9. The van der Waals surface area contributed by atoms with Gasteiger partial charge in [-0.1, -0.05) is 62.2 Å². The first-order valence-corrected chi connectivity index (χ1v) is 12.3. The van der Waals surface area contributed by atoms with Crippen molar-refractivity contribution in [2.24, 2.45) is 5.10 Å². The van der Waals surface area contributed by atoms with Crippen LogP contribution in [-0.4, -0.2) is 34.2 Å². The molecule has 0 aromatic heterocycles. The van der Waals surface area contributed by atoms with E-state index < -0.39 is 22.5 Å². The van der Waals surface area contributed by atoms with Crippen molar-refractivity contribution in [2.45, 2.75) is 4.90 Å². The van der Waals surface area contributed by atoms with Crippen molar-refractivity contribution < 1.29 is 17.9 Å². The van der Waals surface area contributed by atoms with Crippen LogP contribution in [0.1, 0.15) is 5.56 Å². The summed E-state index contributed by atoms with van der Waals surface area (Å²) in [6.45, 7) is -0.474. The number of carbonyl (C=O) groups is 1. The number of rotatable bonds is 8. The van der Waals surface area contributed by atoms with Gasteiger partial charge in [0, 0.05) is 8.95 Å². The smallest absolute Gasteiger partial charge is 0.268 e. The highest BCUT2D eigenvalue weighted by molar-refractivity contribution is 9.10. The third-order valence-electron chi connectivity index (χ3n) is 4.28. The molecule has 0 aliphatic heterocycles. The van der Waals surface area contributed by atoms with Crippen LogP contribution in [0.5, 0.6) is 5.75 Å². The van der Waals surface area contributed by atoms with E-state index >= 15 is 0 Å². The Morgan fingerprint density at radius 1 is 1.03 bits per heavy atom. The lowest BCUT2D eigenvalue weighted by atomic mass is 10.2. The number of hydrogen-bond acceptors (Lipinski definition) is 5. The molecule has 0 spiro atoms. The fourth-order valence-corrected chi connectivity index (χ4v) is 5.35. The van der Waals surface area contributed by atoms with E-state index in [1.54, 1.807) is 42.5 Å². The largest absolute Gasteiger partial charge is 0.495 e. The van der Waals surface area contributed by atoms with Crippen LogP contribution < -0.4 is 14.5 Å². The molecule has 10 heteroatoms. The molecule has 0 saturated heterocycles. The van der Waals surface area contributed by atoms with Gasteiger partial charge in [0.05, 0.1) is 19.0 Å². The summed E-state index contributed by atoms with van der Waals surface area (Å²) in [5.41, 5.74) is 3.49. The molecule has 0 saturated carbocycles. The van der Waals surface area contributed by atoms with Crippen molar-refractivity contribution >= 4 is 59.7 Å². The molecule has 3 aromatic rings. The molecular formula is C22H19Br2N3O4S. The highest BCUT2D eigenvalue weighted by Gasteiger charge is 2.30. The van der Waals surface area contributed by atoms with Crippen LogP contribution >= 0.6 is 31.9 Å². The summed E-state index contributed by atoms with van der Waals surface area (Å²) in [6, 6.07) is 20.4. The summed E-state index contributed by atoms with van der Waals surface area (Å²) in [4.78, 5) is 12.5. The quantitative estimate of drug-likeness (QED) is 0.312. The number of nitrogens with zero attached hydrogens (tertiary/aromatic N) is 2. The van der Waals surface area contributed by atoms with E-state index in [2.05, 4.69) is 42.4 Å². The first-order chi connectivity index (χ1) is 15.3. The molecule has 0 fully saturated rings. The number of carbonyl (C=O) groups excluding carboxylic acids is 1. The van der Waals surface area contributed by atoms with Crippen LogP contribution in [0.25, 0.3) is 0 Å². The topological polar surface area (TPSA) is 88.1 Å². The monoisotopic (exact) mass is 579 g/mol. The van der Waals surface area contributed by atoms with Crippen LogP contribution in [-0.2, 0) is 14.8 Å². The Labute approximate surface area is 203 Å². The third kappa shape index (κ3) is 5.96. The summed E-state index contributed by atoms with van der Waals surface area (Å²) in [7, 11) is -2.75. The molecule has 3 rings (SSSR count). The van der Waals surface area contributed by atoms with Crippen molar-refractivity contribution in [1.29, 1.82) is 0 Å². The number of benzene rings is 3. The van der Waals surface area contributed by atoms with Crippen molar-refractivity contribution in [1.82, 2.24) is 5.43 Å². The van der Waals surface area contributed by atoms with Gasteiger partial charge < -0.3 is 4.74 Å². The zero-order chi connectivity index (χ0) is 23.1. The van der Waals surface area contributed by atoms with Gasteiger partial charge >= 0.3 is 0 Å². The number of amides is 1. The second-order valence-corrected chi connectivity index (χ2v) is 10.2. The van der Waals surface area contributed by atoms with Gasteiger partial charge in [-0.15, -0.1) is 0 Å². The number of nitrogens with one attached hydrogen (secondary N) is 1. The molecule has 0 bridgehead atoms. The lowest BCUT2D eigenvalue weighted by Crippen LogP contribution is -2.39. The average Bonchev–Trinajstić information content (AvgIpc) is 2.78. The molecule has 32 heavy (non-hydrogen) atoms. The van der Waals surface area contributed by atoms with E-state index in [0.717, 1.165) is 14.3 Å². The molecule has 0 radical (unpaired) electrons. The highest BCUT2D eigenvalue weighted by atomic mass is 79.9. The first-order valence-electron chi connectivity index (χ1n) is 9.30. The number of halogens is 2. The Bertz CT molecular complexity index is 1230. The summed E-state index contributed by atoms with van der Waals surface area (Å²) >= 11 is 6.66. The van der Waals surface area contributed by atoms with Gasteiger partial charge in [0.25, 0.3) is 15.9 Å². The Balaban J connectivity index is 1.89. The minimum Gasteiger partial charge on any atom is -0.495 e. The number of methoxy groups -OCH3 is 1. The predicted octanol–water partition coefficient (Wildman–Crippen LogP) is 4.57. The van der Waals surface area contributed by atoms with E-state index in [1.165, 1.54) is 19.4 Å². The van der Waals surface area contributed by atoms with Gasteiger partial charge in [-0.2, -0.15) is 5.10 Å². The number of ether oxygens (including phenoxy) is 1. The van der Waals surface area contributed by atoms with Crippen LogP contribution in [0.4, 0.5) is 5.69 Å². The molecular weight excluding hydrogens is 562 g/mol. The second-order valence-electron chi connectivity index (χ2n) is 6.49. The van der Waals surface area contributed by atoms with Gasteiger partial charge in [-0.25, -0.2) is 13.8 Å². The first kappa shape index (κ1) is 24.0. The summed E-state index contributed by atoms with van der Waals surface area (Å²) in [5.74, 6) is -0.431. The van der Waals surface area contributed by atoms with Crippen molar-refractivity contribution in [3.8, 4) is 5.75 Å². The number of hydrogen-bond donors (Lipinski definition) is 1. The number of para-hydroxylation sites is 1.